The van der Waals surface area contributed by atoms with Gasteiger partial charge in [-0.1, -0.05) is 6.07 Å². The molecule has 2 aromatic rings. The van der Waals surface area contributed by atoms with E-state index in [-0.39, 0.29) is 0 Å². The molecule has 0 spiro atoms. The minimum Gasteiger partial charge on any atom is -0.370 e. The van der Waals surface area contributed by atoms with E-state index in [1.54, 1.807) is 0 Å². The number of hydrogen-bond donors (Lipinski definition) is 1. The molecule has 0 amide bonds. The summed E-state index contributed by atoms with van der Waals surface area (Å²) in [6.45, 7) is 2.20. The normalized spacial score (nSPS) is 19.7. The van der Waals surface area contributed by atoms with Gasteiger partial charge in [-0.05, 0) is 37.2 Å². The molecule has 88 valence electrons. The van der Waals surface area contributed by atoms with Gasteiger partial charge < -0.3 is 10.2 Å². The summed E-state index contributed by atoms with van der Waals surface area (Å²) in [5.41, 5.74) is 2.35. The highest BCUT2D eigenvalue weighted by molar-refractivity contribution is 5.91. The highest BCUT2D eigenvalue weighted by Crippen LogP contribution is 2.26. The Morgan fingerprint density at radius 3 is 3.06 bits per heavy atom. The molecule has 3 rings (SSSR count). The zero-order valence-electron chi connectivity index (χ0n) is 10.1. The minimum atomic E-state index is 0.598. The monoisotopic (exact) mass is 227 g/mol. The van der Waals surface area contributed by atoms with E-state index < -0.39 is 0 Å². The smallest absolute Gasteiger partial charge is 0.0722 e. The molecule has 17 heavy (non-hydrogen) atoms. The first-order valence-corrected chi connectivity index (χ1v) is 6.13. The Morgan fingerprint density at radius 2 is 2.24 bits per heavy atom. The van der Waals surface area contributed by atoms with E-state index in [1.807, 2.05) is 12.3 Å². The minimum absolute atomic E-state index is 0.598. The third-order valence-electron chi connectivity index (χ3n) is 3.58. The standard InChI is InChI=1S/C14H17N3/c1-17(11-7-9-15-10-11)14-6-2-5-13-12(14)4-3-8-16-13/h2-6,8,11,15H,7,9-10H2,1H3/t11-/m0/s1. The van der Waals surface area contributed by atoms with Gasteiger partial charge in [-0.2, -0.15) is 0 Å². The summed E-state index contributed by atoms with van der Waals surface area (Å²) >= 11 is 0. The fourth-order valence-corrected chi connectivity index (χ4v) is 2.56. The van der Waals surface area contributed by atoms with E-state index in [1.165, 1.54) is 17.5 Å². The van der Waals surface area contributed by atoms with Crippen LogP contribution >= 0.6 is 0 Å². The summed E-state index contributed by atoms with van der Waals surface area (Å²) in [4.78, 5) is 6.79. The van der Waals surface area contributed by atoms with E-state index in [0.29, 0.717) is 6.04 Å². The molecule has 0 unspecified atom stereocenters. The third-order valence-corrected chi connectivity index (χ3v) is 3.58. The van der Waals surface area contributed by atoms with Gasteiger partial charge in [0, 0.05) is 36.9 Å². The Bertz CT molecular complexity index is 512. The molecule has 1 saturated heterocycles. The molecule has 0 radical (unpaired) electrons. The second-order valence-corrected chi connectivity index (χ2v) is 4.60. The second-order valence-electron chi connectivity index (χ2n) is 4.60. The van der Waals surface area contributed by atoms with Crippen LogP contribution in [0.3, 0.4) is 0 Å². The van der Waals surface area contributed by atoms with Gasteiger partial charge in [-0.15, -0.1) is 0 Å². The lowest BCUT2D eigenvalue weighted by atomic mass is 10.1. The van der Waals surface area contributed by atoms with Gasteiger partial charge in [0.05, 0.1) is 5.52 Å². The molecule has 3 heteroatoms. The number of rotatable bonds is 2. The molecule has 1 aromatic heterocycles. The van der Waals surface area contributed by atoms with E-state index >= 15 is 0 Å². The number of nitrogens with zero attached hydrogens (tertiary/aromatic N) is 2. The first kappa shape index (κ1) is 10.5. The molecule has 1 fully saturated rings. The van der Waals surface area contributed by atoms with Gasteiger partial charge in [0.25, 0.3) is 0 Å². The van der Waals surface area contributed by atoms with E-state index in [4.69, 9.17) is 0 Å². The quantitative estimate of drug-likeness (QED) is 0.851. The lowest BCUT2D eigenvalue weighted by Crippen LogP contribution is -2.33. The van der Waals surface area contributed by atoms with Crippen molar-refractivity contribution in [2.75, 3.05) is 25.0 Å². The number of pyridine rings is 1. The Balaban J connectivity index is 2.04. The van der Waals surface area contributed by atoms with Crippen LogP contribution in [0.1, 0.15) is 6.42 Å². The zero-order valence-corrected chi connectivity index (χ0v) is 10.1. The van der Waals surface area contributed by atoms with Crippen molar-refractivity contribution in [2.45, 2.75) is 12.5 Å². The maximum absolute atomic E-state index is 4.41. The van der Waals surface area contributed by atoms with Gasteiger partial charge in [0.2, 0.25) is 0 Å². The predicted molar refractivity (Wildman–Crippen MR) is 71.4 cm³/mol. The number of fused-ring (bicyclic) bond motifs is 1. The summed E-state index contributed by atoms with van der Waals surface area (Å²) < 4.78 is 0. The number of hydrogen-bond acceptors (Lipinski definition) is 3. The van der Waals surface area contributed by atoms with E-state index in [0.717, 1.165) is 18.6 Å². The number of nitrogens with one attached hydrogen (secondary N) is 1. The molecule has 1 N–H and O–H groups in total. The van der Waals surface area contributed by atoms with Gasteiger partial charge in [0.15, 0.2) is 0 Å². The largest absolute Gasteiger partial charge is 0.370 e. The summed E-state index contributed by atoms with van der Waals surface area (Å²) in [5.74, 6) is 0. The summed E-state index contributed by atoms with van der Waals surface area (Å²) in [6, 6.07) is 11.1. The fraction of sp³-hybridized carbons (Fsp3) is 0.357. The molecule has 1 aliphatic rings. The van der Waals surface area contributed by atoms with Crippen molar-refractivity contribution in [2.24, 2.45) is 0 Å². The van der Waals surface area contributed by atoms with Crippen LogP contribution in [0.2, 0.25) is 0 Å². The van der Waals surface area contributed by atoms with Crippen LogP contribution in [0.15, 0.2) is 36.5 Å². The number of benzene rings is 1. The lowest BCUT2D eigenvalue weighted by molar-refractivity contribution is 0.687. The Labute approximate surface area is 101 Å². The van der Waals surface area contributed by atoms with Crippen LogP contribution in [0, 0.1) is 0 Å². The van der Waals surface area contributed by atoms with Crippen molar-refractivity contribution in [3.63, 3.8) is 0 Å². The van der Waals surface area contributed by atoms with Gasteiger partial charge in [-0.3, -0.25) is 4.98 Å². The highest BCUT2D eigenvalue weighted by atomic mass is 15.2. The van der Waals surface area contributed by atoms with Crippen LogP contribution in [-0.2, 0) is 0 Å². The van der Waals surface area contributed by atoms with Crippen LogP contribution in [0.4, 0.5) is 5.69 Å². The average molecular weight is 227 g/mol. The van der Waals surface area contributed by atoms with Crippen molar-refractivity contribution < 1.29 is 0 Å². The van der Waals surface area contributed by atoms with Crippen molar-refractivity contribution in [1.82, 2.24) is 10.3 Å². The molecule has 1 atom stereocenters. The number of likely N-dealkylation sites (N-methyl/N-ethyl adjacent to an activating group) is 1. The van der Waals surface area contributed by atoms with Crippen molar-refractivity contribution in [3.8, 4) is 0 Å². The second kappa shape index (κ2) is 4.34. The van der Waals surface area contributed by atoms with Crippen LogP contribution in [0.25, 0.3) is 10.9 Å². The average Bonchev–Trinajstić information content (AvgIpc) is 2.91. The Kier molecular flexibility index (Phi) is 2.69. The van der Waals surface area contributed by atoms with Gasteiger partial charge in [-0.25, -0.2) is 0 Å². The first-order valence-electron chi connectivity index (χ1n) is 6.13. The zero-order chi connectivity index (χ0) is 11.7. The molecule has 0 aliphatic carbocycles. The molecule has 1 aromatic carbocycles. The molecular formula is C14H17N3. The van der Waals surface area contributed by atoms with Crippen molar-refractivity contribution in [3.05, 3.63) is 36.5 Å². The number of aromatic nitrogens is 1. The summed E-state index contributed by atoms with van der Waals surface area (Å²) in [6.07, 6.45) is 3.07. The molecule has 3 nitrogen and oxygen atoms in total. The highest BCUT2D eigenvalue weighted by Gasteiger charge is 2.20. The molecule has 1 aliphatic heterocycles. The van der Waals surface area contributed by atoms with Crippen LogP contribution in [-0.4, -0.2) is 31.2 Å². The van der Waals surface area contributed by atoms with E-state index in [9.17, 15) is 0 Å². The maximum Gasteiger partial charge on any atom is 0.0722 e. The Hall–Kier alpha value is -1.61. The van der Waals surface area contributed by atoms with Crippen molar-refractivity contribution >= 4 is 16.6 Å². The Morgan fingerprint density at radius 1 is 1.29 bits per heavy atom. The van der Waals surface area contributed by atoms with E-state index in [2.05, 4.69) is 46.5 Å². The molecule has 2 heterocycles. The van der Waals surface area contributed by atoms with Crippen LogP contribution in [0.5, 0.6) is 0 Å². The maximum atomic E-state index is 4.41. The predicted octanol–water partition coefficient (Wildman–Crippen LogP) is 2.03. The van der Waals surface area contributed by atoms with Gasteiger partial charge in [0.1, 0.15) is 0 Å². The van der Waals surface area contributed by atoms with Gasteiger partial charge >= 0.3 is 0 Å². The summed E-state index contributed by atoms with van der Waals surface area (Å²) in [7, 11) is 2.18. The number of anilines is 1. The molecule has 0 saturated carbocycles. The molecular weight excluding hydrogens is 210 g/mol. The fourth-order valence-electron chi connectivity index (χ4n) is 2.56. The topological polar surface area (TPSA) is 28.2 Å². The third kappa shape index (κ3) is 1.87. The summed E-state index contributed by atoms with van der Waals surface area (Å²) in [5, 5.41) is 4.65. The SMILES string of the molecule is CN(c1cccc2ncccc12)[C@H]1CCNC1. The lowest BCUT2D eigenvalue weighted by Gasteiger charge is -2.27. The van der Waals surface area contributed by atoms with Crippen molar-refractivity contribution in [1.29, 1.82) is 0 Å². The van der Waals surface area contributed by atoms with Crippen LogP contribution < -0.4 is 10.2 Å². The molecule has 0 bridgehead atoms. The first-order chi connectivity index (χ1) is 8.36.